The van der Waals surface area contributed by atoms with Gasteiger partial charge in [0.15, 0.2) is 0 Å². The molecule has 182 valence electrons. The lowest BCUT2D eigenvalue weighted by Crippen LogP contribution is -2.31. The monoisotopic (exact) mass is 503 g/mol. The number of carbonyl (C=O) groups excluding carboxylic acids is 1. The number of carbonyl (C=O) groups is 1. The van der Waals surface area contributed by atoms with Gasteiger partial charge in [0.2, 0.25) is 0 Å². The molecule has 0 bridgehead atoms. The summed E-state index contributed by atoms with van der Waals surface area (Å²) >= 11 is 0. The molecule has 0 fully saturated rings. The third-order valence-corrected chi connectivity index (χ3v) is 7.34. The number of nitrogens with zero attached hydrogens (tertiary/aromatic N) is 1. The fraction of sp³-hybridized carbons (Fsp3) is 0.0769. The predicted molar refractivity (Wildman–Crippen MR) is 137 cm³/mol. The molecule has 0 radical (unpaired) electrons. The molecule has 5 rings (SSSR count). The van der Waals surface area contributed by atoms with Gasteiger partial charge in [-0.1, -0.05) is 24.3 Å². The molecule has 8 nitrogen and oxygen atoms in total. The third-order valence-electron chi connectivity index (χ3n) is 5.96. The second-order valence-electron chi connectivity index (χ2n) is 8.41. The highest BCUT2D eigenvalue weighted by Crippen LogP contribution is 2.33. The molecule has 3 aromatic carbocycles. The molecular formula is C26H22FN5O3S. The van der Waals surface area contributed by atoms with Crippen LogP contribution in [0.25, 0.3) is 22.3 Å². The second-order valence-corrected chi connectivity index (χ2v) is 10.1. The van der Waals surface area contributed by atoms with Gasteiger partial charge in [0.05, 0.1) is 10.6 Å². The highest BCUT2D eigenvalue weighted by Gasteiger charge is 2.20. The van der Waals surface area contributed by atoms with Crippen molar-refractivity contribution in [3.63, 3.8) is 0 Å². The highest BCUT2D eigenvalue weighted by atomic mass is 32.2. The van der Waals surface area contributed by atoms with Crippen molar-refractivity contribution in [3.8, 4) is 22.3 Å². The fourth-order valence-electron chi connectivity index (χ4n) is 4.16. The SMILES string of the molecule is Nc1cccc(NS(=O)(=O)c2ccc(-c3cnc(N)c(-c4ccc5c(c4)CCNC5=O)c3)c(F)c2)c1. The summed E-state index contributed by atoms with van der Waals surface area (Å²) in [5.74, 6) is -0.597. The van der Waals surface area contributed by atoms with Crippen molar-refractivity contribution in [2.45, 2.75) is 11.3 Å². The van der Waals surface area contributed by atoms with E-state index < -0.39 is 15.8 Å². The number of anilines is 3. The molecule has 36 heavy (non-hydrogen) atoms. The van der Waals surface area contributed by atoms with Crippen LogP contribution in [0.2, 0.25) is 0 Å². The van der Waals surface area contributed by atoms with E-state index in [4.69, 9.17) is 11.5 Å². The van der Waals surface area contributed by atoms with Crippen LogP contribution in [0.1, 0.15) is 15.9 Å². The van der Waals surface area contributed by atoms with Crippen molar-refractivity contribution in [1.82, 2.24) is 10.3 Å². The van der Waals surface area contributed by atoms with Crippen LogP contribution in [0.15, 0.2) is 77.8 Å². The van der Waals surface area contributed by atoms with E-state index in [1.165, 1.54) is 24.4 Å². The number of sulfonamides is 1. The number of nitrogens with two attached hydrogens (primary N) is 2. The number of halogens is 1. The van der Waals surface area contributed by atoms with Crippen LogP contribution in [0, 0.1) is 5.82 Å². The predicted octanol–water partition coefficient (Wildman–Crippen LogP) is 3.81. The van der Waals surface area contributed by atoms with Crippen LogP contribution in [0.4, 0.5) is 21.6 Å². The Kier molecular flexibility index (Phi) is 5.81. The highest BCUT2D eigenvalue weighted by molar-refractivity contribution is 7.92. The molecule has 6 N–H and O–H groups in total. The lowest BCUT2D eigenvalue weighted by molar-refractivity contribution is 0.0946. The minimum Gasteiger partial charge on any atom is -0.399 e. The first-order valence-electron chi connectivity index (χ1n) is 11.1. The number of fused-ring (bicyclic) bond motifs is 1. The number of aromatic nitrogens is 1. The number of hydrogen-bond donors (Lipinski definition) is 4. The average Bonchev–Trinajstić information content (AvgIpc) is 2.84. The van der Waals surface area contributed by atoms with Crippen molar-refractivity contribution in [2.75, 3.05) is 22.7 Å². The molecule has 0 aliphatic carbocycles. The van der Waals surface area contributed by atoms with Gasteiger partial charge in [-0.25, -0.2) is 17.8 Å². The number of nitrogens with one attached hydrogen (secondary N) is 2. The lowest BCUT2D eigenvalue weighted by atomic mass is 9.94. The van der Waals surface area contributed by atoms with Gasteiger partial charge in [-0.15, -0.1) is 0 Å². The Hall–Kier alpha value is -4.44. The number of hydrogen-bond acceptors (Lipinski definition) is 6. The van der Waals surface area contributed by atoms with Crippen LogP contribution in [0.5, 0.6) is 0 Å². The molecule has 2 heterocycles. The third kappa shape index (κ3) is 4.46. The topological polar surface area (TPSA) is 140 Å². The zero-order valence-corrected chi connectivity index (χ0v) is 19.8. The molecule has 0 atom stereocenters. The molecule has 0 saturated carbocycles. The minimum atomic E-state index is -4.04. The molecule has 1 amide bonds. The molecule has 0 spiro atoms. The maximum Gasteiger partial charge on any atom is 0.261 e. The smallest absolute Gasteiger partial charge is 0.261 e. The summed E-state index contributed by atoms with van der Waals surface area (Å²) in [5.41, 5.74) is 15.9. The first-order valence-corrected chi connectivity index (χ1v) is 12.5. The van der Waals surface area contributed by atoms with E-state index >= 15 is 4.39 Å². The molecule has 1 aromatic heterocycles. The molecule has 1 aliphatic rings. The number of nitrogen functional groups attached to an aromatic ring is 2. The molecule has 0 saturated heterocycles. The van der Waals surface area contributed by atoms with Gasteiger partial charge in [-0.05, 0) is 60.0 Å². The van der Waals surface area contributed by atoms with E-state index in [1.807, 2.05) is 6.07 Å². The molecule has 0 unspecified atom stereocenters. The van der Waals surface area contributed by atoms with Gasteiger partial charge >= 0.3 is 0 Å². The maximum atomic E-state index is 15.2. The van der Waals surface area contributed by atoms with Crippen molar-refractivity contribution in [1.29, 1.82) is 0 Å². The summed E-state index contributed by atoms with van der Waals surface area (Å²) in [6.07, 6.45) is 2.12. The van der Waals surface area contributed by atoms with E-state index in [0.717, 1.165) is 17.2 Å². The van der Waals surface area contributed by atoms with Crippen LogP contribution in [-0.2, 0) is 16.4 Å². The van der Waals surface area contributed by atoms with E-state index in [9.17, 15) is 13.2 Å². The number of benzene rings is 3. The summed E-state index contributed by atoms with van der Waals surface area (Å²) < 4.78 is 43.1. The molecular weight excluding hydrogens is 481 g/mol. The van der Waals surface area contributed by atoms with Crippen molar-refractivity contribution >= 4 is 33.1 Å². The summed E-state index contributed by atoms with van der Waals surface area (Å²) in [7, 11) is -4.04. The van der Waals surface area contributed by atoms with Crippen molar-refractivity contribution in [2.24, 2.45) is 0 Å². The summed E-state index contributed by atoms with van der Waals surface area (Å²) in [4.78, 5) is 16.0. The largest absolute Gasteiger partial charge is 0.399 e. The fourth-order valence-corrected chi connectivity index (χ4v) is 5.22. The van der Waals surface area contributed by atoms with Crippen LogP contribution in [0.3, 0.4) is 0 Å². The zero-order chi connectivity index (χ0) is 25.4. The van der Waals surface area contributed by atoms with Gasteiger partial charge in [0.1, 0.15) is 11.6 Å². The molecule has 1 aliphatic heterocycles. The van der Waals surface area contributed by atoms with E-state index in [2.05, 4.69) is 15.0 Å². The van der Waals surface area contributed by atoms with E-state index in [0.29, 0.717) is 35.3 Å². The van der Waals surface area contributed by atoms with Gasteiger partial charge < -0.3 is 16.8 Å². The quantitative estimate of drug-likeness (QED) is 0.305. The van der Waals surface area contributed by atoms with Gasteiger partial charge in [-0.3, -0.25) is 9.52 Å². The van der Waals surface area contributed by atoms with Crippen LogP contribution >= 0.6 is 0 Å². The van der Waals surface area contributed by atoms with E-state index in [1.54, 1.807) is 36.4 Å². The summed E-state index contributed by atoms with van der Waals surface area (Å²) in [5, 5.41) is 2.81. The average molecular weight is 504 g/mol. The van der Waals surface area contributed by atoms with Crippen molar-refractivity contribution in [3.05, 3.63) is 89.9 Å². The minimum absolute atomic E-state index is 0.120. The summed E-state index contributed by atoms with van der Waals surface area (Å²) in [6, 6.07) is 17.0. The van der Waals surface area contributed by atoms with Gasteiger partial charge in [0, 0.05) is 40.7 Å². The maximum absolute atomic E-state index is 15.2. The zero-order valence-electron chi connectivity index (χ0n) is 19.0. The van der Waals surface area contributed by atoms with Crippen LogP contribution in [-0.4, -0.2) is 25.9 Å². The lowest BCUT2D eigenvalue weighted by Gasteiger charge is -2.18. The standard InChI is InChI=1S/C26H22FN5O3S/c27-24-13-20(36(34,35)32-19-3-1-2-18(28)12-19)5-7-21(24)17-11-23(25(29)31-14-17)15-4-6-22-16(10-15)8-9-30-26(22)33/h1-7,10-14,32H,8-9,28H2,(H2,29,31)(H,30,33). The second kappa shape index (κ2) is 8.97. The Balaban J connectivity index is 1.48. The number of amides is 1. The Morgan fingerprint density at radius 3 is 2.50 bits per heavy atom. The van der Waals surface area contributed by atoms with Gasteiger partial charge in [0.25, 0.3) is 15.9 Å². The van der Waals surface area contributed by atoms with Crippen LogP contribution < -0.4 is 21.5 Å². The number of pyridine rings is 1. The Bertz CT molecular complexity index is 1620. The Labute approximate surface area is 207 Å². The number of rotatable bonds is 5. The van der Waals surface area contributed by atoms with E-state index in [-0.39, 0.29) is 27.9 Å². The molecule has 4 aromatic rings. The summed E-state index contributed by atoms with van der Waals surface area (Å²) in [6.45, 7) is 0.552. The van der Waals surface area contributed by atoms with Gasteiger partial charge in [-0.2, -0.15) is 0 Å². The first kappa shape index (κ1) is 23.3. The Morgan fingerprint density at radius 1 is 0.917 bits per heavy atom. The normalized spacial score (nSPS) is 13.1. The molecule has 10 heteroatoms. The first-order chi connectivity index (χ1) is 17.2. The van der Waals surface area contributed by atoms with Crippen molar-refractivity contribution < 1.29 is 17.6 Å². The Morgan fingerprint density at radius 2 is 1.72 bits per heavy atom.